The van der Waals surface area contributed by atoms with Crippen molar-refractivity contribution in [1.29, 1.82) is 0 Å². The van der Waals surface area contributed by atoms with Gasteiger partial charge in [-0.15, -0.1) is 0 Å². The fraction of sp³-hybridized carbons (Fsp3) is 0.167. The average Bonchev–Trinajstić information content (AvgIpc) is 3.04. The van der Waals surface area contributed by atoms with Crippen molar-refractivity contribution in [3.8, 4) is 11.3 Å². The molecular formula is C18H17N3O3. The van der Waals surface area contributed by atoms with Crippen molar-refractivity contribution in [2.24, 2.45) is 0 Å². The van der Waals surface area contributed by atoms with Crippen LogP contribution in [0.5, 0.6) is 0 Å². The molecule has 0 atom stereocenters. The highest BCUT2D eigenvalue weighted by atomic mass is 16.5. The molecule has 2 aromatic carbocycles. The summed E-state index contributed by atoms with van der Waals surface area (Å²) in [6, 6.07) is 14.8. The first kappa shape index (κ1) is 15.7. The van der Waals surface area contributed by atoms with E-state index < -0.39 is 0 Å². The number of likely N-dealkylation sites (N-methyl/N-ethyl adjacent to an activating group) is 2. The number of aromatic nitrogens is 1. The molecule has 0 saturated carbocycles. The molecule has 3 rings (SSSR count). The molecule has 0 aliphatic rings. The van der Waals surface area contributed by atoms with Crippen molar-refractivity contribution in [3.05, 3.63) is 54.1 Å². The predicted octanol–water partition coefficient (Wildman–Crippen LogP) is 2.31. The average molecular weight is 323 g/mol. The van der Waals surface area contributed by atoms with Crippen LogP contribution in [-0.2, 0) is 4.79 Å². The van der Waals surface area contributed by atoms with Crippen molar-refractivity contribution in [2.75, 3.05) is 20.6 Å². The van der Waals surface area contributed by atoms with Gasteiger partial charge in [0, 0.05) is 25.2 Å². The summed E-state index contributed by atoms with van der Waals surface area (Å²) >= 11 is 0. The van der Waals surface area contributed by atoms with Crippen LogP contribution in [0.25, 0.3) is 22.2 Å². The van der Waals surface area contributed by atoms with Crippen LogP contribution < -0.4 is 5.32 Å². The van der Waals surface area contributed by atoms with Gasteiger partial charge in [0.25, 0.3) is 5.91 Å². The normalized spacial score (nSPS) is 10.6. The van der Waals surface area contributed by atoms with E-state index in [0.29, 0.717) is 16.8 Å². The zero-order chi connectivity index (χ0) is 17.1. The summed E-state index contributed by atoms with van der Waals surface area (Å²) < 4.78 is 5.44. The number of hydrogen-bond acceptors (Lipinski definition) is 4. The molecule has 3 aromatic rings. The van der Waals surface area contributed by atoms with Crippen LogP contribution in [0.4, 0.5) is 0 Å². The molecule has 0 unspecified atom stereocenters. The summed E-state index contributed by atoms with van der Waals surface area (Å²) in [5.74, 6) is 0.164. The van der Waals surface area contributed by atoms with Crippen LogP contribution >= 0.6 is 0 Å². The molecule has 24 heavy (non-hydrogen) atoms. The first-order valence-corrected chi connectivity index (χ1v) is 7.51. The van der Waals surface area contributed by atoms with Gasteiger partial charge in [0.2, 0.25) is 5.91 Å². The number of nitrogens with one attached hydrogen (secondary N) is 1. The van der Waals surface area contributed by atoms with Crippen LogP contribution in [0.3, 0.4) is 0 Å². The number of benzene rings is 2. The number of carbonyl (C=O) groups excluding carboxylic acids is 2. The third-order valence-electron chi connectivity index (χ3n) is 3.77. The summed E-state index contributed by atoms with van der Waals surface area (Å²) in [5.41, 5.74) is 2.05. The lowest BCUT2D eigenvalue weighted by molar-refractivity contribution is -0.121. The molecule has 1 N–H and O–H groups in total. The van der Waals surface area contributed by atoms with Gasteiger partial charge in [-0.1, -0.05) is 35.5 Å². The third kappa shape index (κ3) is 2.99. The molecule has 122 valence electrons. The lowest BCUT2D eigenvalue weighted by atomic mass is 10.1. The topological polar surface area (TPSA) is 75.4 Å². The Kier molecular flexibility index (Phi) is 4.29. The second-order valence-corrected chi connectivity index (χ2v) is 5.44. The molecule has 0 fully saturated rings. The molecule has 0 bridgehead atoms. The van der Waals surface area contributed by atoms with Gasteiger partial charge in [0.1, 0.15) is 5.52 Å². The minimum absolute atomic E-state index is 0.00253. The number of carbonyl (C=O) groups is 2. The van der Waals surface area contributed by atoms with E-state index in [2.05, 4.69) is 10.5 Å². The minimum atomic E-state index is -0.235. The fourth-order valence-electron chi connectivity index (χ4n) is 2.46. The largest absolute Gasteiger partial charge is 0.358 e. The molecule has 1 heterocycles. The molecule has 0 spiro atoms. The van der Waals surface area contributed by atoms with E-state index in [4.69, 9.17) is 4.52 Å². The Morgan fingerprint density at radius 2 is 1.92 bits per heavy atom. The van der Waals surface area contributed by atoms with E-state index >= 15 is 0 Å². The van der Waals surface area contributed by atoms with Gasteiger partial charge in [-0.05, 0) is 18.2 Å². The highest BCUT2D eigenvalue weighted by Gasteiger charge is 2.17. The first-order chi connectivity index (χ1) is 11.6. The summed E-state index contributed by atoms with van der Waals surface area (Å²) in [5, 5.41) is 7.30. The van der Waals surface area contributed by atoms with Gasteiger partial charge >= 0.3 is 0 Å². The molecule has 0 radical (unpaired) electrons. The second-order valence-electron chi connectivity index (χ2n) is 5.44. The Hall–Kier alpha value is -3.15. The maximum Gasteiger partial charge on any atom is 0.254 e. The Morgan fingerprint density at radius 1 is 1.17 bits per heavy atom. The van der Waals surface area contributed by atoms with Crippen LogP contribution in [0.2, 0.25) is 0 Å². The summed E-state index contributed by atoms with van der Waals surface area (Å²) in [7, 11) is 3.13. The SMILES string of the molecule is CNC(=O)CN(C)C(=O)c1ccc2noc(-c3ccccc3)c2c1. The van der Waals surface area contributed by atoms with E-state index in [1.165, 1.54) is 11.9 Å². The number of rotatable bonds is 4. The monoisotopic (exact) mass is 323 g/mol. The fourth-order valence-corrected chi connectivity index (χ4v) is 2.46. The second kappa shape index (κ2) is 6.54. The third-order valence-corrected chi connectivity index (χ3v) is 3.77. The Labute approximate surface area is 139 Å². The van der Waals surface area contributed by atoms with Crippen molar-refractivity contribution in [3.63, 3.8) is 0 Å². The van der Waals surface area contributed by atoms with E-state index in [-0.39, 0.29) is 18.4 Å². The number of amides is 2. The van der Waals surface area contributed by atoms with Crippen molar-refractivity contribution < 1.29 is 14.1 Å². The smallest absolute Gasteiger partial charge is 0.254 e. The highest BCUT2D eigenvalue weighted by molar-refractivity contribution is 6.01. The van der Waals surface area contributed by atoms with Crippen molar-refractivity contribution in [1.82, 2.24) is 15.4 Å². The van der Waals surface area contributed by atoms with Gasteiger partial charge in [-0.3, -0.25) is 9.59 Å². The number of hydrogen-bond donors (Lipinski definition) is 1. The van der Waals surface area contributed by atoms with E-state index in [0.717, 1.165) is 10.9 Å². The summed E-state index contributed by atoms with van der Waals surface area (Å²) in [6.07, 6.45) is 0. The van der Waals surface area contributed by atoms with Crippen LogP contribution in [0, 0.1) is 0 Å². The molecular weight excluding hydrogens is 306 g/mol. The molecule has 0 aliphatic carbocycles. The van der Waals surface area contributed by atoms with Gasteiger partial charge in [-0.25, -0.2) is 0 Å². The number of nitrogens with zero attached hydrogens (tertiary/aromatic N) is 2. The molecule has 0 saturated heterocycles. The molecule has 0 aliphatic heterocycles. The summed E-state index contributed by atoms with van der Waals surface area (Å²) in [4.78, 5) is 25.3. The lowest BCUT2D eigenvalue weighted by Crippen LogP contribution is -2.36. The minimum Gasteiger partial charge on any atom is -0.358 e. The zero-order valence-electron chi connectivity index (χ0n) is 13.4. The van der Waals surface area contributed by atoms with Gasteiger partial charge in [0.15, 0.2) is 5.76 Å². The van der Waals surface area contributed by atoms with Crippen LogP contribution in [0.15, 0.2) is 53.1 Å². The van der Waals surface area contributed by atoms with Crippen molar-refractivity contribution in [2.45, 2.75) is 0 Å². The molecule has 6 heteroatoms. The zero-order valence-corrected chi connectivity index (χ0v) is 13.4. The van der Waals surface area contributed by atoms with Gasteiger partial charge in [-0.2, -0.15) is 0 Å². The highest BCUT2D eigenvalue weighted by Crippen LogP contribution is 2.29. The van der Waals surface area contributed by atoms with E-state index in [9.17, 15) is 9.59 Å². The van der Waals surface area contributed by atoms with Crippen LogP contribution in [0.1, 0.15) is 10.4 Å². The standard InChI is InChI=1S/C18H17N3O3/c1-19-16(22)11-21(2)18(23)13-8-9-15-14(10-13)17(24-20-15)12-6-4-3-5-7-12/h3-10H,11H2,1-2H3,(H,19,22). The quantitative estimate of drug-likeness (QED) is 0.799. The number of fused-ring (bicyclic) bond motifs is 1. The first-order valence-electron chi connectivity index (χ1n) is 7.51. The Bertz CT molecular complexity index is 887. The summed E-state index contributed by atoms with van der Waals surface area (Å²) in [6.45, 7) is 0.00253. The Balaban J connectivity index is 1.96. The molecule has 1 aromatic heterocycles. The maximum atomic E-state index is 12.5. The predicted molar refractivity (Wildman–Crippen MR) is 90.5 cm³/mol. The Morgan fingerprint density at radius 3 is 2.62 bits per heavy atom. The lowest BCUT2D eigenvalue weighted by Gasteiger charge is -2.16. The molecule has 6 nitrogen and oxygen atoms in total. The molecule has 2 amide bonds. The van der Waals surface area contributed by atoms with Gasteiger partial charge in [0.05, 0.1) is 11.9 Å². The van der Waals surface area contributed by atoms with Gasteiger partial charge < -0.3 is 14.7 Å². The maximum absolute atomic E-state index is 12.5. The van der Waals surface area contributed by atoms with Crippen LogP contribution in [-0.4, -0.2) is 42.5 Å². The van der Waals surface area contributed by atoms with Crippen molar-refractivity contribution >= 4 is 22.7 Å². The van der Waals surface area contributed by atoms with E-state index in [1.54, 1.807) is 25.2 Å². The van der Waals surface area contributed by atoms with E-state index in [1.807, 2.05) is 30.3 Å².